The SMILES string of the molecule is COC(=O)C[N+]1(C)CCc2c(c(OC)c3c(c2C(=O)/C=C/c2ccc(Cl)cc2Cl)OCO3)C1.[Br-]. The summed E-state index contributed by atoms with van der Waals surface area (Å²) in [6, 6.07) is 5.08. The van der Waals surface area contributed by atoms with Crippen LogP contribution in [0.4, 0.5) is 0 Å². The van der Waals surface area contributed by atoms with Crippen LogP contribution < -0.4 is 31.2 Å². The predicted octanol–water partition coefficient (Wildman–Crippen LogP) is 1.31. The van der Waals surface area contributed by atoms with Crippen LogP contribution in [-0.2, 0) is 22.5 Å². The molecule has 2 aliphatic heterocycles. The molecule has 0 saturated heterocycles. The molecule has 10 heteroatoms. The average Bonchev–Trinajstić information content (AvgIpc) is 3.25. The molecule has 182 valence electrons. The summed E-state index contributed by atoms with van der Waals surface area (Å²) in [6.07, 6.45) is 3.68. The molecule has 0 fully saturated rings. The van der Waals surface area contributed by atoms with E-state index in [1.807, 2.05) is 7.05 Å². The number of halogens is 3. The van der Waals surface area contributed by atoms with Crippen molar-refractivity contribution in [3.05, 3.63) is 56.6 Å². The fourth-order valence-electron chi connectivity index (χ4n) is 4.35. The molecule has 0 saturated carbocycles. The molecular formula is C24H24BrCl2NO6. The molecule has 0 bridgehead atoms. The normalized spacial score (nSPS) is 18.3. The molecule has 34 heavy (non-hydrogen) atoms. The standard InChI is InChI=1S/C24H24Cl2NO6.BrH/c1-27(12-20(29)30-2)9-8-16-17(11-27)22(31-3)24-23(32-13-33-24)21(16)19(28)7-5-14-4-6-15(25)10-18(14)26;/h4-7,10H,8-9,11-13H2,1-3H3;1H/q+1;/p-1/b7-5+;. The van der Waals surface area contributed by atoms with E-state index in [9.17, 15) is 9.59 Å². The van der Waals surface area contributed by atoms with E-state index in [1.165, 1.54) is 13.2 Å². The fraction of sp³-hybridized carbons (Fsp3) is 0.333. The zero-order valence-corrected chi connectivity index (χ0v) is 22.1. The summed E-state index contributed by atoms with van der Waals surface area (Å²) < 4.78 is 22.4. The van der Waals surface area contributed by atoms with E-state index in [2.05, 4.69) is 0 Å². The summed E-state index contributed by atoms with van der Waals surface area (Å²) in [5.74, 6) is 0.800. The second-order valence-electron chi connectivity index (χ2n) is 8.28. The van der Waals surface area contributed by atoms with Crippen molar-refractivity contribution in [1.82, 2.24) is 0 Å². The lowest BCUT2D eigenvalue weighted by Crippen LogP contribution is -3.00. The van der Waals surface area contributed by atoms with E-state index in [0.717, 1.165) is 11.1 Å². The average molecular weight is 573 g/mol. The Morgan fingerprint density at radius 3 is 2.56 bits per heavy atom. The Bertz CT molecular complexity index is 1170. The molecule has 0 spiro atoms. The van der Waals surface area contributed by atoms with Gasteiger partial charge < -0.3 is 40.4 Å². The van der Waals surface area contributed by atoms with Gasteiger partial charge in [-0.15, -0.1) is 0 Å². The largest absolute Gasteiger partial charge is 1.00 e. The number of hydrogen-bond acceptors (Lipinski definition) is 6. The summed E-state index contributed by atoms with van der Waals surface area (Å²) in [5.41, 5.74) is 2.80. The third-order valence-corrected chi connectivity index (χ3v) is 6.56. The highest BCUT2D eigenvalue weighted by molar-refractivity contribution is 6.35. The van der Waals surface area contributed by atoms with Crippen LogP contribution in [0.25, 0.3) is 6.08 Å². The van der Waals surface area contributed by atoms with Gasteiger partial charge in [-0.2, -0.15) is 0 Å². The topological polar surface area (TPSA) is 71.1 Å². The zero-order chi connectivity index (χ0) is 23.8. The number of benzene rings is 2. The number of ether oxygens (including phenoxy) is 4. The number of fused-ring (bicyclic) bond motifs is 2. The van der Waals surface area contributed by atoms with Crippen LogP contribution >= 0.6 is 23.2 Å². The summed E-state index contributed by atoms with van der Waals surface area (Å²) >= 11 is 12.2. The second-order valence-corrected chi connectivity index (χ2v) is 9.12. The number of allylic oxidation sites excluding steroid dienone is 1. The van der Waals surface area contributed by atoms with Crippen LogP contribution in [0.15, 0.2) is 24.3 Å². The monoisotopic (exact) mass is 571 g/mol. The third kappa shape index (κ3) is 5.05. The summed E-state index contributed by atoms with van der Waals surface area (Å²) in [4.78, 5) is 25.4. The zero-order valence-electron chi connectivity index (χ0n) is 19.0. The molecule has 4 rings (SSSR count). The Labute approximate surface area is 218 Å². The summed E-state index contributed by atoms with van der Waals surface area (Å²) in [5, 5.41) is 0.966. The molecule has 2 aromatic rings. The molecule has 2 heterocycles. The van der Waals surface area contributed by atoms with Crippen molar-refractivity contribution >= 4 is 41.0 Å². The minimum absolute atomic E-state index is 0. The first-order chi connectivity index (χ1) is 15.8. The fourth-order valence-corrected chi connectivity index (χ4v) is 4.83. The van der Waals surface area contributed by atoms with Gasteiger partial charge in [-0.05, 0) is 35.4 Å². The van der Waals surface area contributed by atoms with Gasteiger partial charge >= 0.3 is 5.97 Å². The van der Waals surface area contributed by atoms with Crippen LogP contribution in [0.2, 0.25) is 10.0 Å². The maximum Gasteiger partial charge on any atom is 0.361 e. The van der Waals surface area contributed by atoms with Gasteiger partial charge in [-0.25, -0.2) is 4.79 Å². The Morgan fingerprint density at radius 2 is 1.88 bits per heavy atom. The second kappa shape index (κ2) is 10.6. The molecular weight excluding hydrogens is 549 g/mol. The number of quaternary nitrogens is 1. The van der Waals surface area contributed by atoms with Crippen molar-refractivity contribution in [1.29, 1.82) is 0 Å². The van der Waals surface area contributed by atoms with E-state index in [4.69, 9.17) is 42.1 Å². The lowest BCUT2D eigenvalue weighted by molar-refractivity contribution is -0.917. The van der Waals surface area contributed by atoms with Crippen molar-refractivity contribution in [2.75, 3.05) is 41.1 Å². The third-order valence-electron chi connectivity index (χ3n) is 5.99. The number of hydrogen-bond donors (Lipinski definition) is 0. The van der Waals surface area contributed by atoms with Gasteiger partial charge in [0.15, 0.2) is 23.8 Å². The van der Waals surface area contributed by atoms with E-state index < -0.39 is 0 Å². The number of esters is 1. The van der Waals surface area contributed by atoms with Crippen molar-refractivity contribution in [2.45, 2.75) is 13.0 Å². The van der Waals surface area contributed by atoms with Crippen LogP contribution in [0.3, 0.4) is 0 Å². The minimum atomic E-state index is -0.292. The quantitative estimate of drug-likeness (QED) is 0.225. The summed E-state index contributed by atoms with van der Waals surface area (Å²) in [6.45, 7) is 1.34. The van der Waals surface area contributed by atoms with Crippen molar-refractivity contribution in [2.24, 2.45) is 0 Å². The van der Waals surface area contributed by atoms with Crippen molar-refractivity contribution in [3.63, 3.8) is 0 Å². The number of carbonyl (C=O) groups excluding carboxylic acids is 2. The van der Waals surface area contributed by atoms with Gasteiger partial charge in [-0.3, -0.25) is 4.79 Å². The smallest absolute Gasteiger partial charge is 0.361 e. The van der Waals surface area contributed by atoms with E-state index in [0.29, 0.717) is 62.4 Å². The minimum Gasteiger partial charge on any atom is -1.00 e. The van der Waals surface area contributed by atoms with Crippen LogP contribution in [0.5, 0.6) is 17.2 Å². The van der Waals surface area contributed by atoms with Crippen LogP contribution in [0, 0.1) is 0 Å². The van der Waals surface area contributed by atoms with Crippen LogP contribution in [0.1, 0.15) is 27.0 Å². The maximum atomic E-state index is 13.4. The Balaban J connectivity index is 0.00000324. The van der Waals surface area contributed by atoms with Gasteiger partial charge in [0.1, 0.15) is 6.54 Å². The number of carbonyl (C=O) groups is 2. The van der Waals surface area contributed by atoms with Gasteiger partial charge in [0, 0.05) is 16.5 Å². The molecule has 0 radical (unpaired) electrons. The first-order valence-electron chi connectivity index (χ1n) is 10.4. The molecule has 7 nitrogen and oxygen atoms in total. The Hall–Kier alpha value is -2.26. The molecule has 1 atom stereocenters. The van der Waals surface area contributed by atoms with Gasteiger partial charge in [0.05, 0.1) is 38.9 Å². The van der Waals surface area contributed by atoms with Gasteiger partial charge in [-0.1, -0.05) is 29.3 Å². The van der Waals surface area contributed by atoms with E-state index in [-0.39, 0.29) is 42.1 Å². The maximum absolute atomic E-state index is 13.4. The van der Waals surface area contributed by atoms with Gasteiger partial charge in [0.2, 0.25) is 12.5 Å². The first-order valence-corrected chi connectivity index (χ1v) is 11.1. The highest BCUT2D eigenvalue weighted by Gasteiger charge is 2.40. The van der Waals surface area contributed by atoms with E-state index in [1.54, 1.807) is 31.4 Å². The lowest BCUT2D eigenvalue weighted by Gasteiger charge is -2.38. The van der Waals surface area contributed by atoms with Crippen molar-refractivity contribution < 1.29 is 50.0 Å². The molecule has 2 aromatic carbocycles. The van der Waals surface area contributed by atoms with Crippen LogP contribution in [-0.4, -0.2) is 57.4 Å². The number of nitrogens with zero attached hydrogens (tertiary/aromatic N) is 1. The highest BCUT2D eigenvalue weighted by Crippen LogP contribution is 2.50. The number of likely N-dealkylation sites (N-methyl/N-ethyl adjacent to an activating group) is 1. The van der Waals surface area contributed by atoms with E-state index >= 15 is 0 Å². The number of methoxy groups -OCH3 is 2. The molecule has 0 aromatic heterocycles. The first kappa shape index (κ1) is 26.3. The summed E-state index contributed by atoms with van der Waals surface area (Å²) in [7, 11) is 4.91. The van der Waals surface area contributed by atoms with Gasteiger partial charge in [0.25, 0.3) is 0 Å². The predicted molar refractivity (Wildman–Crippen MR) is 124 cm³/mol. The Morgan fingerprint density at radius 1 is 1.15 bits per heavy atom. The Kier molecular flexibility index (Phi) is 8.18. The molecule has 0 amide bonds. The highest BCUT2D eigenvalue weighted by atomic mass is 79.9. The number of rotatable bonds is 6. The lowest BCUT2D eigenvalue weighted by atomic mass is 9.89. The van der Waals surface area contributed by atoms with Crippen molar-refractivity contribution in [3.8, 4) is 17.2 Å². The molecule has 2 aliphatic rings. The molecule has 1 unspecified atom stereocenters. The number of ketones is 1. The molecule has 0 aliphatic carbocycles. The molecule has 0 N–H and O–H groups in total.